The molecule has 2 rings (SSSR count). The summed E-state index contributed by atoms with van der Waals surface area (Å²) in [4.78, 5) is 25.3. The lowest BCUT2D eigenvalue weighted by atomic mass is 9.78. The summed E-state index contributed by atoms with van der Waals surface area (Å²) in [6, 6.07) is 8.33. The van der Waals surface area contributed by atoms with Crippen molar-refractivity contribution < 1.29 is 9.59 Å². The van der Waals surface area contributed by atoms with Gasteiger partial charge in [0.25, 0.3) is 5.91 Å². The average molecular weight is 444 g/mol. The predicted molar refractivity (Wildman–Crippen MR) is 133 cm³/mol. The normalized spacial score (nSPS) is 21.8. The second kappa shape index (κ2) is 11.3. The highest BCUT2D eigenvalue weighted by Gasteiger charge is 2.32. The Hall–Kier alpha value is -1.88. The fraction of sp³-hybridized carbons (Fsp3) is 0.704. The summed E-state index contributed by atoms with van der Waals surface area (Å²) >= 11 is 0. The molecule has 1 aromatic carbocycles. The molecule has 0 unspecified atom stereocenters. The minimum atomic E-state index is -0.202. The molecule has 0 spiro atoms. The molecule has 1 aromatic rings. The first-order chi connectivity index (χ1) is 14.9. The summed E-state index contributed by atoms with van der Waals surface area (Å²) in [5.74, 6) is 0.178. The number of benzene rings is 1. The van der Waals surface area contributed by atoms with Crippen molar-refractivity contribution in [3.05, 3.63) is 35.4 Å². The first kappa shape index (κ1) is 26.4. The second-order valence-corrected chi connectivity index (χ2v) is 11.5. The van der Waals surface area contributed by atoms with E-state index in [1.54, 1.807) is 6.07 Å². The number of hydrogen-bond donors (Lipinski definition) is 3. The molecule has 3 N–H and O–H groups in total. The Morgan fingerprint density at radius 1 is 1.06 bits per heavy atom. The average Bonchev–Trinajstić information content (AvgIpc) is 2.70. The third-order valence-electron chi connectivity index (χ3n) is 6.29. The van der Waals surface area contributed by atoms with E-state index >= 15 is 0 Å². The van der Waals surface area contributed by atoms with Gasteiger partial charge < -0.3 is 16.0 Å². The largest absolute Gasteiger partial charge is 0.352 e. The standard InChI is InChI=1S/C27H45N3O2/c1-8-9-11-19-17-22(30-27(5,6)7)14-15-23(19)29-24(31)18-28-25(32)20-12-10-13-21(16-20)26(2,3)4/h10,12-13,16,19,22-23,30H,8-9,11,14-15,17-18H2,1-7H3,(H,28,32)(H,29,31)/t19-,22+,23-/m0/s1. The predicted octanol–water partition coefficient (Wildman–Crippen LogP) is 4.95. The van der Waals surface area contributed by atoms with Gasteiger partial charge in [-0.05, 0) is 75.5 Å². The first-order valence-corrected chi connectivity index (χ1v) is 12.3. The molecule has 5 heteroatoms. The number of carbonyl (C=O) groups excluding carboxylic acids is 2. The second-order valence-electron chi connectivity index (χ2n) is 11.5. The van der Waals surface area contributed by atoms with Crippen molar-refractivity contribution in [1.29, 1.82) is 0 Å². The summed E-state index contributed by atoms with van der Waals surface area (Å²) < 4.78 is 0. The van der Waals surface area contributed by atoms with Gasteiger partial charge in [-0.3, -0.25) is 9.59 Å². The van der Waals surface area contributed by atoms with Crippen molar-refractivity contribution in [2.75, 3.05) is 6.54 Å². The Kier molecular flexibility index (Phi) is 9.32. The van der Waals surface area contributed by atoms with E-state index in [4.69, 9.17) is 0 Å². The van der Waals surface area contributed by atoms with Crippen LogP contribution in [-0.2, 0) is 10.2 Å². The van der Waals surface area contributed by atoms with Crippen molar-refractivity contribution in [1.82, 2.24) is 16.0 Å². The van der Waals surface area contributed by atoms with Crippen molar-refractivity contribution in [2.24, 2.45) is 5.92 Å². The van der Waals surface area contributed by atoms with Crippen LogP contribution in [0.15, 0.2) is 24.3 Å². The van der Waals surface area contributed by atoms with Gasteiger partial charge in [-0.15, -0.1) is 0 Å². The molecule has 2 amide bonds. The number of amides is 2. The van der Waals surface area contributed by atoms with Gasteiger partial charge in [-0.2, -0.15) is 0 Å². The number of carbonyl (C=O) groups is 2. The maximum absolute atomic E-state index is 12.7. The van der Waals surface area contributed by atoms with Gasteiger partial charge >= 0.3 is 0 Å². The van der Waals surface area contributed by atoms with E-state index in [0.29, 0.717) is 17.5 Å². The van der Waals surface area contributed by atoms with Crippen molar-refractivity contribution in [2.45, 2.75) is 110 Å². The first-order valence-electron chi connectivity index (χ1n) is 12.3. The highest BCUT2D eigenvalue weighted by Crippen LogP contribution is 2.30. The van der Waals surface area contributed by atoms with E-state index in [2.05, 4.69) is 64.4 Å². The van der Waals surface area contributed by atoms with E-state index < -0.39 is 0 Å². The van der Waals surface area contributed by atoms with E-state index in [0.717, 1.165) is 37.7 Å². The SMILES string of the molecule is CCCC[C@H]1C[C@H](NC(C)(C)C)CC[C@@H]1NC(=O)CNC(=O)c1cccc(C(C)(C)C)c1. The number of rotatable bonds is 8. The lowest BCUT2D eigenvalue weighted by molar-refractivity contribution is -0.121. The van der Waals surface area contributed by atoms with Crippen LogP contribution in [0.3, 0.4) is 0 Å². The van der Waals surface area contributed by atoms with Crippen LogP contribution in [0, 0.1) is 5.92 Å². The molecule has 0 aromatic heterocycles. The molecule has 0 heterocycles. The lowest BCUT2D eigenvalue weighted by Crippen LogP contribution is -2.52. The van der Waals surface area contributed by atoms with Gasteiger partial charge in [-0.25, -0.2) is 0 Å². The Bertz CT molecular complexity index is 761. The molecular weight excluding hydrogens is 398 g/mol. The summed E-state index contributed by atoms with van der Waals surface area (Å²) in [6.45, 7) is 15.2. The summed E-state index contributed by atoms with van der Waals surface area (Å²) in [6.07, 6.45) is 6.62. The topological polar surface area (TPSA) is 70.2 Å². The van der Waals surface area contributed by atoms with Crippen LogP contribution < -0.4 is 16.0 Å². The minimum absolute atomic E-state index is 0.0131. The third kappa shape index (κ3) is 8.57. The lowest BCUT2D eigenvalue weighted by Gasteiger charge is -2.40. The number of unbranched alkanes of at least 4 members (excludes halogenated alkanes) is 1. The summed E-state index contributed by atoms with van der Waals surface area (Å²) in [5.41, 5.74) is 1.78. The Morgan fingerprint density at radius 3 is 2.41 bits per heavy atom. The van der Waals surface area contributed by atoms with E-state index in [1.807, 2.05) is 18.2 Å². The monoisotopic (exact) mass is 443 g/mol. The maximum atomic E-state index is 12.7. The van der Waals surface area contributed by atoms with Gasteiger partial charge in [0.05, 0.1) is 6.54 Å². The molecule has 3 atom stereocenters. The van der Waals surface area contributed by atoms with Crippen LogP contribution >= 0.6 is 0 Å². The number of nitrogens with one attached hydrogen (secondary N) is 3. The molecule has 180 valence electrons. The van der Waals surface area contributed by atoms with Crippen LogP contribution in [0.2, 0.25) is 0 Å². The molecule has 0 bridgehead atoms. The molecule has 32 heavy (non-hydrogen) atoms. The molecule has 1 aliphatic carbocycles. The van der Waals surface area contributed by atoms with Crippen molar-refractivity contribution >= 4 is 11.8 Å². The van der Waals surface area contributed by atoms with Gasteiger partial charge in [0.1, 0.15) is 0 Å². The minimum Gasteiger partial charge on any atom is -0.352 e. The molecule has 1 saturated carbocycles. The van der Waals surface area contributed by atoms with Gasteiger partial charge in [0.15, 0.2) is 0 Å². The fourth-order valence-corrected chi connectivity index (χ4v) is 4.63. The van der Waals surface area contributed by atoms with Crippen LogP contribution in [0.4, 0.5) is 0 Å². The zero-order valence-corrected chi connectivity index (χ0v) is 21.3. The van der Waals surface area contributed by atoms with Crippen LogP contribution in [0.1, 0.15) is 103 Å². The smallest absolute Gasteiger partial charge is 0.251 e. The zero-order valence-electron chi connectivity index (χ0n) is 21.3. The molecular formula is C27H45N3O2. The van der Waals surface area contributed by atoms with E-state index in [1.165, 1.54) is 6.42 Å². The maximum Gasteiger partial charge on any atom is 0.251 e. The van der Waals surface area contributed by atoms with E-state index in [9.17, 15) is 9.59 Å². The highest BCUT2D eigenvalue weighted by atomic mass is 16.2. The van der Waals surface area contributed by atoms with Crippen molar-refractivity contribution in [3.8, 4) is 0 Å². The van der Waals surface area contributed by atoms with Crippen LogP contribution in [0.5, 0.6) is 0 Å². The third-order valence-corrected chi connectivity index (χ3v) is 6.29. The Labute approximate surface area is 195 Å². The molecule has 0 aliphatic heterocycles. The van der Waals surface area contributed by atoms with Gasteiger partial charge in [0.2, 0.25) is 5.91 Å². The Morgan fingerprint density at radius 2 is 1.78 bits per heavy atom. The Balaban J connectivity index is 1.91. The summed E-state index contributed by atoms with van der Waals surface area (Å²) in [5, 5.41) is 9.77. The molecule has 5 nitrogen and oxygen atoms in total. The van der Waals surface area contributed by atoms with Crippen LogP contribution in [0.25, 0.3) is 0 Å². The molecule has 1 fully saturated rings. The molecule has 0 radical (unpaired) electrons. The van der Waals surface area contributed by atoms with Crippen molar-refractivity contribution in [3.63, 3.8) is 0 Å². The highest BCUT2D eigenvalue weighted by molar-refractivity contribution is 5.96. The zero-order chi connectivity index (χ0) is 23.9. The summed E-state index contributed by atoms with van der Waals surface area (Å²) in [7, 11) is 0. The molecule has 0 saturated heterocycles. The van der Waals surface area contributed by atoms with Gasteiger partial charge in [0, 0.05) is 23.2 Å². The number of hydrogen-bond acceptors (Lipinski definition) is 3. The fourth-order valence-electron chi connectivity index (χ4n) is 4.63. The molecule has 1 aliphatic rings. The quantitative estimate of drug-likeness (QED) is 0.533. The van der Waals surface area contributed by atoms with Gasteiger partial charge in [-0.1, -0.05) is 52.7 Å². The van der Waals surface area contributed by atoms with E-state index in [-0.39, 0.29) is 35.4 Å². The van der Waals surface area contributed by atoms with Crippen LogP contribution in [-0.4, -0.2) is 36.0 Å².